The lowest BCUT2D eigenvalue weighted by Crippen LogP contribution is -2.29. The Morgan fingerprint density at radius 1 is 0.443 bits per heavy atom. The van der Waals surface area contributed by atoms with Crippen molar-refractivity contribution < 1.29 is 37.6 Å². The van der Waals surface area contributed by atoms with Gasteiger partial charge in [-0.3, -0.25) is 18.6 Å². The zero-order valence-corrected chi connectivity index (χ0v) is 46.1. The highest BCUT2D eigenvalue weighted by molar-refractivity contribution is 7.47. The van der Waals surface area contributed by atoms with Gasteiger partial charge in [-0.15, -0.1) is 0 Å². The number of phosphoric ester groups is 1. The molecule has 406 valence electrons. The molecular formula is C60H108NO8P. The van der Waals surface area contributed by atoms with Crippen molar-refractivity contribution in [3.05, 3.63) is 72.9 Å². The zero-order valence-electron chi connectivity index (χ0n) is 45.2. The highest BCUT2D eigenvalue weighted by atomic mass is 31.2. The second kappa shape index (κ2) is 55.8. The summed E-state index contributed by atoms with van der Waals surface area (Å²) in [5, 5.41) is 0. The van der Waals surface area contributed by atoms with Crippen LogP contribution in [0.15, 0.2) is 72.9 Å². The average molecular weight is 1000 g/mol. The molecule has 2 atom stereocenters. The van der Waals surface area contributed by atoms with Crippen LogP contribution in [0, 0.1) is 0 Å². The van der Waals surface area contributed by atoms with Gasteiger partial charge in [0.05, 0.1) is 13.2 Å². The molecule has 0 radical (unpaired) electrons. The fraction of sp³-hybridized carbons (Fsp3) is 0.767. The van der Waals surface area contributed by atoms with Crippen molar-refractivity contribution in [2.75, 3.05) is 26.4 Å². The van der Waals surface area contributed by atoms with Crippen molar-refractivity contribution in [2.24, 2.45) is 5.73 Å². The molecule has 0 aromatic heterocycles. The quantitative estimate of drug-likeness (QED) is 0.0264. The Kier molecular flexibility index (Phi) is 53.7. The second-order valence-corrected chi connectivity index (χ2v) is 20.6. The molecule has 2 unspecified atom stereocenters. The molecule has 0 aliphatic heterocycles. The predicted octanol–water partition coefficient (Wildman–Crippen LogP) is 18.1. The summed E-state index contributed by atoms with van der Waals surface area (Å²) in [6.45, 7) is 3.65. The van der Waals surface area contributed by atoms with Crippen LogP contribution in [0.5, 0.6) is 0 Å². The van der Waals surface area contributed by atoms with Crippen molar-refractivity contribution in [2.45, 2.75) is 270 Å². The summed E-state index contributed by atoms with van der Waals surface area (Å²) in [5.74, 6) is -0.827. The van der Waals surface area contributed by atoms with E-state index in [9.17, 15) is 19.0 Å². The molecule has 0 aliphatic rings. The van der Waals surface area contributed by atoms with Crippen LogP contribution in [-0.4, -0.2) is 49.3 Å². The molecule has 0 aromatic carbocycles. The number of unbranched alkanes of at least 4 members (excludes halogenated alkanes) is 29. The Balaban J connectivity index is 3.94. The van der Waals surface area contributed by atoms with Gasteiger partial charge in [-0.05, 0) is 83.5 Å². The maximum absolute atomic E-state index is 12.7. The number of carbonyl (C=O) groups is 2. The minimum Gasteiger partial charge on any atom is -0.462 e. The van der Waals surface area contributed by atoms with Crippen molar-refractivity contribution in [1.29, 1.82) is 0 Å². The molecule has 0 bridgehead atoms. The lowest BCUT2D eigenvalue weighted by molar-refractivity contribution is -0.161. The number of hydrogen-bond acceptors (Lipinski definition) is 8. The standard InChI is InChI=1S/C60H108NO8P/c1-3-5-7-9-11-13-15-17-19-21-23-24-25-26-27-28-29-30-31-32-33-34-35-37-39-41-43-45-47-49-51-53-60(63)69-58(57-68-70(64,65)67-55-54-61)56-66-59(62)52-50-48-46-44-42-40-38-36-22-20-18-16-14-12-10-8-6-4-2/h5,7,11,13,17,19-20,22-24,26-27,58H,3-4,6,8-10,12,14-16,18,21,25,28-57,61H2,1-2H3,(H,64,65)/b7-5-,13-11-,19-17-,22-20-,24-23-,27-26-. The number of rotatable bonds is 54. The lowest BCUT2D eigenvalue weighted by Gasteiger charge is -2.19. The van der Waals surface area contributed by atoms with E-state index < -0.39 is 26.5 Å². The summed E-state index contributed by atoms with van der Waals surface area (Å²) >= 11 is 0. The Labute approximate surface area is 431 Å². The first kappa shape index (κ1) is 67.5. The molecule has 0 amide bonds. The predicted molar refractivity (Wildman–Crippen MR) is 298 cm³/mol. The Morgan fingerprint density at radius 2 is 0.786 bits per heavy atom. The summed E-state index contributed by atoms with van der Waals surface area (Å²) < 4.78 is 33.0. The number of hydrogen-bond donors (Lipinski definition) is 2. The molecule has 70 heavy (non-hydrogen) atoms. The number of nitrogens with two attached hydrogens (primary N) is 1. The smallest absolute Gasteiger partial charge is 0.462 e. The van der Waals surface area contributed by atoms with E-state index in [2.05, 4.69) is 86.8 Å². The summed E-state index contributed by atoms with van der Waals surface area (Å²) in [5.41, 5.74) is 5.38. The third kappa shape index (κ3) is 54.8. The molecule has 0 saturated carbocycles. The van der Waals surface area contributed by atoms with Gasteiger partial charge in [-0.25, -0.2) is 4.57 Å². The van der Waals surface area contributed by atoms with E-state index in [1.54, 1.807) is 0 Å². The van der Waals surface area contributed by atoms with E-state index in [-0.39, 0.29) is 38.6 Å². The van der Waals surface area contributed by atoms with Gasteiger partial charge in [0.1, 0.15) is 6.61 Å². The zero-order chi connectivity index (χ0) is 51.0. The molecule has 0 aromatic rings. The molecule has 3 N–H and O–H groups in total. The molecular weight excluding hydrogens is 894 g/mol. The second-order valence-electron chi connectivity index (χ2n) is 19.1. The van der Waals surface area contributed by atoms with Gasteiger partial charge >= 0.3 is 19.8 Å². The monoisotopic (exact) mass is 1000 g/mol. The van der Waals surface area contributed by atoms with E-state index in [1.807, 2.05) is 0 Å². The Morgan fingerprint density at radius 3 is 1.19 bits per heavy atom. The summed E-state index contributed by atoms with van der Waals surface area (Å²) in [6.07, 6.45) is 71.0. The minimum atomic E-state index is -4.39. The maximum Gasteiger partial charge on any atom is 0.472 e. The number of esters is 2. The van der Waals surface area contributed by atoms with Crippen LogP contribution >= 0.6 is 7.82 Å². The van der Waals surface area contributed by atoms with Crippen molar-refractivity contribution in [3.63, 3.8) is 0 Å². The summed E-state index contributed by atoms with van der Waals surface area (Å²) in [6, 6.07) is 0. The van der Waals surface area contributed by atoms with E-state index in [0.29, 0.717) is 6.42 Å². The number of carbonyl (C=O) groups excluding carboxylic acids is 2. The van der Waals surface area contributed by atoms with Crippen molar-refractivity contribution in [1.82, 2.24) is 0 Å². The van der Waals surface area contributed by atoms with Gasteiger partial charge in [0, 0.05) is 19.4 Å². The molecule has 0 rings (SSSR count). The third-order valence-corrected chi connectivity index (χ3v) is 13.3. The summed E-state index contributed by atoms with van der Waals surface area (Å²) in [4.78, 5) is 35.2. The Hall–Kier alpha value is -2.55. The van der Waals surface area contributed by atoms with Gasteiger partial charge in [-0.2, -0.15) is 0 Å². The van der Waals surface area contributed by atoms with Gasteiger partial charge in [0.25, 0.3) is 0 Å². The molecule has 10 heteroatoms. The van der Waals surface area contributed by atoms with E-state index in [0.717, 1.165) is 83.5 Å². The molecule has 0 spiro atoms. The molecule has 9 nitrogen and oxygen atoms in total. The van der Waals surface area contributed by atoms with E-state index in [1.165, 1.54) is 148 Å². The molecule has 0 heterocycles. The number of phosphoric acid groups is 1. The van der Waals surface area contributed by atoms with Crippen LogP contribution in [0.4, 0.5) is 0 Å². The first-order valence-corrected chi connectivity index (χ1v) is 30.4. The van der Waals surface area contributed by atoms with Crippen LogP contribution < -0.4 is 5.73 Å². The van der Waals surface area contributed by atoms with Crippen molar-refractivity contribution in [3.8, 4) is 0 Å². The minimum absolute atomic E-state index is 0.0516. The number of ether oxygens (including phenoxy) is 2. The fourth-order valence-electron chi connectivity index (χ4n) is 8.07. The van der Waals surface area contributed by atoms with Crippen LogP contribution in [0.25, 0.3) is 0 Å². The topological polar surface area (TPSA) is 134 Å². The van der Waals surface area contributed by atoms with E-state index in [4.69, 9.17) is 24.3 Å². The first-order valence-electron chi connectivity index (χ1n) is 28.9. The van der Waals surface area contributed by atoms with Crippen LogP contribution in [0.3, 0.4) is 0 Å². The SMILES string of the molecule is CC/C=C\C/C=C\C/C=C\C/C=C\C/C=C\CCCCCCCCCCCCCCCCCC(=O)OC(COC(=O)CCCCCCCCC/C=C\CCCCCCCCC)COP(=O)(O)OCCN. The largest absolute Gasteiger partial charge is 0.472 e. The average Bonchev–Trinajstić information content (AvgIpc) is 3.35. The van der Waals surface area contributed by atoms with E-state index >= 15 is 0 Å². The number of allylic oxidation sites excluding steroid dienone is 12. The first-order chi connectivity index (χ1) is 34.3. The van der Waals surface area contributed by atoms with Gasteiger partial charge in [0.15, 0.2) is 6.10 Å². The lowest BCUT2D eigenvalue weighted by atomic mass is 10.0. The normalized spacial score (nSPS) is 13.6. The third-order valence-electron chi connectivity index (χ3n) is 12.3. The van der Waals surface area contributed by atoms with Crippen LogP contribution in [-0.2, 0) is 32.7 Å². The van der Waals surface area contributed by atoms with Crippen LogP contribution in [0.2, 0.25) is 0 Å². The molecule has 0 aliphatic carbocycles. The molecule has 0 fully saturated rings. The van der Waals surface area contributed by atoms with Gasteiger partial charge in [-0.1, -0.05) is 241 Å². The van der Waals surface area contributed by atoms with Gasteiger partial charge in [0.2, 0.25) is 0 Å². The Bertz CT molecular complexity index is 1370. The molecule has 0 saturated heterocycles. The van der Waals surface area contributed by atoms with Crippen LogP contribution in [0.1, 0.15) is 264 Å². The fourth-order valence-corrected chi connectivity index (χ4v) is 8.84. The highest BCUT2D eigenvalue weighted by Gasteiger charge is 2.26. The van der Waals surface area contributed by atoms with Crippen molar-refractivity contribution >= 4 is 19.8 Å². The summed E-state index contributed by atoms with van der Waals surface area (Å²) in [7, 11) is -4.39. The maximum atomic E-state index is 12.7. The van der Waals surface area contributed by atoms with Gasteiger partial charge < -0.3 is 20.1 Å². The highest BCUT2D eigenvalue weighted by Crippen LogP contribution is 2.43.